The Hall–Kier alpha value is -3.79. The molecule has 3 aliphatic heterocycles. The zero-order valence-corrected chi connectivity index (χ0v) is 22.8. The average Bonchev–Trinajstić information content (AvgIpc) is 2.97. The largest absolute Gasteiger partial charge is 0.493 e. The number of likely N-dealkylation sites (N-methyl/N-ethyl adjacent to an activating group) is 1. The topological polar surface area (TPSA) is 101 Å². The minimum Gasteiger partial charge on any atom is -0.493 e. The number of hydrogen-bond acceptors (Lipinski definition) is 7. The summed E-state index contributed by atoms with van der Waals surface area (Å²) in [6.45, 7) is 4.01. The molecule has 0 spiro atoms. The molecule has 1 unspecified atom stereocenters. The fraction of sp³-hybridized carbons (Fsp3) is 0.483. The van der Waals surface area contributed by atoms with E-state index in [-0.39, 0.29) is 30.2 Å². The molecule has 1 saturated heterocycles. The lowest BCUT2D eigenvalue weighted by Crippen LogP contribution is -2.47. The highest BCUT2D eigenvalue weighted by atomic mass is 16.5. The van der Waals surface area contributed by atoms with Crippen molar-refractivity contribution in [2.45, 2.75) is 25.8 Å². The van der Waals surface area contributed by atoms with E-state index in [1.807, 2.05) is 17.0 Å². The van der Waals surface area contributed by atoms with E-state index in [1.54, 1.807) is 39.5 Å². The minimum atomic E-state index is -0.201. The third-order valence-corrected chi connectivity index (χ3v) is 7.91. The molecule has 2 aromatic rings. The average molecular weight is 537 g/mol. The lowest BCUT2D eigenvalue weighted by molar-refractivity contribution is -0.138. The van der Waals surface area contributed by atoms with Gasteiger partial charge in [-0.15, -0.1) is 0 Å². The normalized spacial score (nSPS) is 19.1. The molecule has 5 rings (SSSR count). The highest BCUT2D eigenvalue weighted by Crippen LogP contribution is 2.34. The molecule has 2 aromatic carbocycles. The second kappa shape index (κ2) is 11.5. The predicted molar refractivity (Wildman–Crippen MR) is 146 cm³/mol. The Kier molecular flexibility index (Phi) is 7.92. The Morgan fingerprint density at radius 3 is 2.62 bits per heavy atom. The van der Waals surface area contributed by atoms with Crippen molar-refractivity contribution in [2.24, 2.45) is 5.92 Å². The highest BCUT2D eigenvalue weighted by Gasteiger charge is 2.31. The summed E-state index contributed by atoms with van der Waals surface area (Å²) in [6, 6.07) is 9.10. The number of rotatable bonds is 7. The molecule has 1 fully saturated rings. The van der Waals surface area contributed by atoms with Gasteiger partial charge in [-0.25, -0.2) is 0 Å². The van der Waals surface area contributed by atoms with Gasteiger partial charge in [-0.3, -0.25) is 14.4 Å². The lowest BCUT2D eigenvalue weighted by atomic mass is 9.93. The smallest absolute Gasteiger partial charge is 0.264 e. The standard InChI is InChI=1S/C29H36N4O6/c1-31-23-13-20(6-7-24(23)39-18-27(31)34)28(35)30-9-12-32-10-4-5-21(16-32)29(36)33-11-8-19-14-25(37-2)26(38-3)15-22(19)17-33/h6-7,13-15,21H,4-5,8-12,16-18H2,1-3H3,(H,30,35). The quantitative estimate of drug-likeness (QED) is 0.578. The van der Waals surface area contributed by atoms with Crippen LogP contribution in [0.15, 0.2) is 30.3 Å². The molecule has 0 aliphatic carbocycles. The van der Waals surface area contributed by atoms with Crippen molar-refractivity contribution < 1.29 is 28.6 Å². The second-order valence-corrected chi connectivity index (χ2v) is 10.3. The summed E-state index contributed by atoms with van der Waals surface area (Å²) in [4.78, 5) is 43.9. The maximum Gasteiger partial charge on any atom is 0.264 e. The van der Waals surface area contributed by atoms with Crippen molar-refractivity contribution in [3.05, 3.63) is 47.0 Å². The van der Waals surface area contributed by atoms with Crippen LogP contribution >= 0.6 is 0 Å². The van der Waals surface area contributed by atoms with Gasteiger partial charge in [-0.05, 0) is 67.3 Å². The third-order valence-electron chi connectivity index (χ3n) is 7.91. The maximum atomic E-state index is 13.5. The number of methoxy groups -OCH3 is 2. The molecule has 208 valence electrons. The summed E-state index contributed by atoms with van der Waals surface area (Å²) in [5.41, 5.74) is 3.37. The number of carbonyl (C=O) groups excluding carboxylic acids is 3. The SMILES string of the molecule is COc1cc2c(cc1OC)CN(C(=O)C1CCCN(CCNC(=O)c3ccc4c(c3)N(C)C(=O)CO4)C1)CC2. The predicted octanol–water partition coefficient (Wildman–Crippen LogP) is 2.09. The first-order chi connectivity index (χ1) is 18.9. The zero-order valence-electron chi connectivity index (χ0n) is 22.8. The lowest BCUT2D eigenvalue weighted by Gasteiger charge is -2.37. The van der Waals surface area contributed by atoms with Crippen molar-refractivity contribution in [3.8, 4) is 17.2 Å². The van der Waals surface area contributed by atoms with Crippen molar-refractivity contribution in [2.75, 3.05) is 65.5 Å². The van der Waals surface area contributed by atoms with Gasteiger partial charge in [-0.2, -0.15) is 0 Å². The number of hydrogen-bond donors (Lipinski definition) is 1. The summed E-state index contributed by atoms with van der Waals surface area (Å²) in [5, 5.41) is 2.98. The first-order valence-electron chi connectivity index (χ1n) is 13.4. The number of anilines is 1. The molecule has 1 atom stereocenters. The van der Waals surface area contributed by atoms with Crippen LogP contribution in [0.5, 0.6) is 17.2 Å². The molecule has 0 aromatic heterocycles. The number of nitrogens with one attached hydrogen (secondary N) is 1. The van der Waals surface area contributed by atoms with E-state index in [0.717, 1.165) is 31.4 Å². The summed E-state index contributed by atoms with van der Waals surface area (Å²) >= 11 is 0. The first kappa shape index (κ1) is 26.8. The Labute approximate surface area is 228 Å². The maximum absolute atomic E-state index is 13.5. The van der Waals surface area contributed by atoms with E-state index >= 15 is 0 Å². The fourth-order valence-electron chi connectivity index (χ4n) is 5.63. The molecule has 10 heteroatoms. The Morgan fingerprint density at radius 1 is 1.08 bits per heavy atom. The molecule has 39 heavy (non-hydrogen) atoms. The van der Waals surface area contributed by atoms with Gasteiger partial charge in [0.15, 0.2) is 18.1 Å². The number of carbonyl (C=O) groups is 3. The summed E-state index contributed by atoms with van der Waals surface area (Å²) in [6.07, 6.45) is 2.62. The number of piperidine rings is 1. The van der Waals surface area contributed by atoms with E-state index < -0.39 is 0 Å². The second-order valence-electron chi connectivity index (χ2n) is 10.3. The van der Waals surface area contributed by atoms with Crippen molar-refractivity contribution >= 4 is 23.4 Å². The van der Waals surface area contributed by atoms with Gasteiger partial charge in [0.05, 0.1) is 25.8 Å². The number of benzene rings is 2. The van der Waals surface area contributed by atoms with E-state index in [1.165, 1.54) is 10.5 Å². The van der Waals surface area contributed by atoms with Crippen LogP contribution in [0.3, 0.4) is 0 Å². The molecule has 0 radical (unpaired) electrons. The van der Waals surface area contributed by atoms with Gasteiger partial charge in [0.2, 0.25) is 5.91 Å². The molecular weight excluding hydrogens is 500 g/mol. The molecule has 3 aliphatic rings. The van der Waals surface area contributed by atoms with Crippen LogP contribution in [0, 0.1) is 5.92 Å². The molecule has 10 nitrogen and oxygen atoms in total. The summed E-state index contributed by atoms with van der Waals surface area (Å²) in [5.74, 6) is 1.78. The van der Waals surface area contributed by atoms with Crippen LogP contribution in [0.25, 0.3) is 0 Å². The summed E-state index contributed by atoms with van der Waals surface area (Å²) in [7, 11) is 4.93. The Balaban J connectivity index is 1.13. The van der Waals surface area contributed by atoms with Gasteiger partial charge in [0.25, 0.3) is 11.8 Å². The van der Waals surface area contributed by atoms with Crippen molar-refractivity contribution in [1.29, 1.82) is 0 Å². The number of amides is 3. The molecule has 3 heterocycles. The Morgan fingerprint density at radius 2 is 1.85 bits per heavy atom. The zero-order chi connectivity index (χ0) is 27.5. The number of nitrogens with zero attached hydrogens (tertiary/aromatic N) is 3. The molecule has 0 bridgehead atoms. The van der Waals surface area contributed by atoms with E-state index in [0.29, 0.717) is 61.2 Å². The van der Waals surface area contributed by atoms with Crippen LogP contribution in [-0.2, 0) is 22.6 Å². The molecule has 1 N–H and O–H groups in total. The molecular formula is C29H36N4O6. The number of fused-ring (bicyclic) bond motifs is 2. The van der Waals surface area contributed by atoms with Crippen LogP contribution in [-0.4, -0.2) is 88.1 Å². The van der Waals surface area contributed by atoms with Crippen LogP contribution in [0.4, 0.5) is 5.69 Å². The van der Waals surface area contributed by atoms with Crippen molar-refractivity contribution in [3.63, 3.8) is 0 Å². The molecule has 0 saturated carbocycles. The van der Waals surface area contributed by atoms with Gasteiger partial charge >= 0.3 is 0 Å². The highest BCUT2D eigenvalue weighted by molar-refractivity contribution is 6.00. The van der Waals surface area contributed by atoms with E-state index in [4.69, 9.17) is 14.2 Å². The van der Waals surface area contributed by atoms with E-state index in [9.17, 15) is 14.4 Å². The van der Waals surface area contributed by atoms with Gasteiger partial charge in [-0.1, -0.05) is 0 Å². The van der Waals surface area contributed by atoms with Crippen LogP contribution in [0.2, 0.25) is 0 Å². The third kappa shape index (κ3) is 5.66. The summed E-state index contributed by atoms with van der Waals surface area (Å²) < 4.78 is 16.3. The number of ether oxygens (including phenoxy) is 3. The van der Waals surface area contributed by atoms with Gasteiger partial charge in [0.1, 0.15) is 5.75 Å². The first-order valence-corrected chi connectivity index (χ1v) is 13.4. The van der Waals surface area contributed by atoms with Gasteiger partial charge < -0.3 is 34.2 Å². The van der Waals surface area contributed by atoms with Gasteiger partial charge in [0, 0.05) is 45.3 Å². The number of likely N-dealkylation sites (tertiary alicyclic amines) is 1. The Bertz CT molecular complexity index is 1260. The monoisotopic (exact) mass is 536 g/mol. The van der Waals surface area contributed by atoms with Crippen LogP contribution in [0.1, 0.15) is 34.3 Å². The van der Waals surface area contributed by atoms with Crippen LogP contribution < -0.4 is 24.4 Å². The fourth-order valence-corrected chi connectivity index (χ4v) is 5.63. The van der Waals surface area contributed by atoms with Crippen molar-refractivity contribution in [1.82, 2.24) is 15.1 Å². The van der Waals surface area contributed by atoms with E-state index in [2.05, 4.69) is 10.2 Å². The molecule has 3 amide bonds. The minimum absolute atomic E-state index is 0.00338.